The van der Waals surface area contributed by atoms with Gasteiger partial charge in [-0.1, -0.05) is 6.42 Å². The molecule has 2 heterocycles. The van der Waals surface area contributed by atoms with E-state index in [9.17, 15) is 9.59 Å². The average Bonchev–Trinajstić information content (AvgIpc) is 3.29. The largest absolute Gasteiger partial charge is 0.349 e. The lowest BCUT2D eigenvalue weighted by Gasteiger charge is -2.28. The lowest BCUT2D eigenvalue weighted by Crippen LogP contribution is -2.40. The van der Waals surface area contributed by atoms with Gasteiger partial charge in [0.15, 0.2) is 0 Å². The van der Waals surface area contributed by atoms with Gasteiger partial charge in [-0.05, 0) is 63.4 Å². The van der Waals surface area contributed by atoms with Gasteiger partial charge in [-0.3, -0.25) is 14.2 Å². The monoisotopic (exact) mass is 359 g/mol. The van der Waals surface area contributed by atoms with Crippen molar-refractivity contribution < 1.29 is 4.79 Å². The summed E-state index contributed by atoms with van der Waals surface area (Å²) in [6.45, 7) is 6.49. The van der Waals surface area contributed by atoms with E-state index in [1.165, 1.54) is 37.0 Å². The lowest BCUT2D eigenvalue weighted by atomic mass is 9.84. The highest BCUT2D eigenvalue weighted by Gasteiger charge is 2.42. The molecule has 0 spiro atoms. The fourth-order valence-electron chi connectivity index (χ4n) is 4.89. The summed E-state index contributed by atoms with van der Waals surface area (Å²) >= 11 is 1.33. The van der Waals surface area contributed by atoms with Crippen molar-refractivity contribution in [2.75, 3.05) is 0 Å². The predicted octanol–water partition coefficient (Wildman–Crippen LogP) is 3.34. The number of nitrogens with zero attached hydrogens (tertiary/aromatic N) is 2. The third kappa shape index (κ3) is 2.71. The fraction of sp³-hybridized carbons (Fsp3) is 0.632. The minimum absolute atomic E-state index is 0.0542. The van der Waals surface area contributed by atoms with E-state index in [2.05, 4.69) is 17.2 Å². The number of carbonyl (C=O) groups excluding carboxylic acids is 1. The molecule has 1 N–H and O–H groups in total. The van der Waals surface area contributed by atoms with Crippen LogP contribution in [-0.2, 0) is 6.54 Å². The van der Waals surface area contributed by atoms with Crippen molar-refractivity contribution in [3.8, 4) is 0 Å². The molecule has 2 aromatic heterocycles. The van der Waals surface area contributed by atoms with Gasteiger partial charge in [0.05, 0.1) is 16.6 Å². The van der Waals surface area contributed by atoms with E-state index in [1.54, 1.807) is 10.9 Å². The number of rotatable bonds is 4. The molecule has 0 aromatic carbocycles. The second-order valence-electron chi connectivity index (χ2n) is 7.67. The summed E-state index contributed by atoms with van der Waals surface area (Å²) in [6, 6.07) is 0.188. The van der Waals surface area contributed by atoms with Crippen molar-refractivity contribution in [1.29, 1.82) is 0 Å². The van der Waals surface area contributed by atoms with E-state index in [4.69, 9.17) is 0 Å². The Morgan fingerprint density at radius 1 is 1.44 bits per heavy atom. The molecular formula is C19H25N3O2S. The van der Waals surface area contributed by atoms with Crippen molar-refractivity contribution in [2.45, 2.75) is 59.0 Å². The van der Waals surface area contributed by atoms with Gasteiger partial charge in [-0.2, -0.15) is 0 Å². The molecule has 2 saturated carbocycles. The molecule has 2 aliphatic rings. The van der Waals surface area contributed by atoms with Crippen LogP contribution in [0.2, 0.25) is 0 Å². The van der Waals surface area contributed by atoms with Crippen LogP contribution in [0.3, 0.4) is 0 Å². The third-order valence-electron chi connectivity index (χ3n) is 6.26. The van der Waals surface area contributed by atoms with Crippen LogP contribution in [0.4, 0.5) is 0 Å². The van der Waals surface area contributed by atoms with E-state index in [0.717, 1.165) is 17.4 Å². The normalized spacial score (nSPS) is 26.3. The number of hydrogen-bond acceptors (Lipinski definition) is 4. The molecule has 6 heteroatoms. The summed E-state index contributed by atoms with van der Waals surface area (Å²) < 4.78 is 1.58. The van der Waals surface area contributed by atoms with Crippen LogP contribution in [0.1, 0.15) is 54.8 Å². The van der Waals surface area contributed by atoms with Crippen molar-refractivity contribution in [3.63, 3.8) is 0 Å². The standard InChI is InChI=1S/C19H25N3O2S/c1-4-22-9-20-18-15(19(22)24)10(2)16(25-18)17(23)21-11(3)14-8-12-5-6-13(14)7-12/h9,11-14H,4-8H2,1-3H3,(H,21,23). The molecule has 2 aromatic rings. The van der Waals surface area contributed by atoms with Gasteiger partial charge in [0, 0.05) is 12.6 Å². The van der Waals surface area contributed by atoms with Gasteiger partial charge in [0.1, 0.15) is 4.83 Å². The van der Waals surface area contributed by atoms with Gasteiger partial charge in [-0.25, -0.2) is 4.98 Å². The van der Waals surface area contributed by atoms with Crippen LogP contribution in [0, 0.1) is 24.7 Å². The molecule has 2 aliphatic carbocycles. The topological polar surface area (TPSA) is 64.0 Å². The summed E-state index contributed by atoms with van der Waals surface area (Å²) in [5.74, 6) is 2.20. The Morgan fingerprint density at radius 3 is 2.88 bits per heavy atom. The maximum atomic E-state index is 12.8. The van der Waals surface area contributed by atoms with Crippen LogP contribution in [0.15, 0.2) is 11.1 Å². The van der Waals surface area contributed by atoms with Crippen LogP contribution < -0.4 is 10.9 Å². The van der Waals surface area contributed by atoms with E-state index in [1.807, 2.05) is 13.8 Å². The number of thiophene rings is 1. The van der Waals surface area contributed by atoms with Gasteiger partial charge in [0.25, 0.3) is 11.5 Å². The second-order valence-corrected chi connectivity index (χ2v) is 8.67. The quantitative estimate of drug-likeness (QED) is 0.910. The molecule has 2 fully saturated rings. The maximum absolute atomic E-state index is 12.8. The number of nitrogens with one attached hydrogen (secondary N) is 1. The average molecular weight is 359 g/mol. The van der Waals surface area contributed by atoms with E-state index < -0.39 is 0 Å². The minimum Gasteiger partial charge on any atom is -0.349 e. The molecule has 4 rings (SSSR count). The summed E-state index contributed by atoms with van der Waals surface area (Å²) in [7, 11) is 0. The zero-order valence-electron chi connectivity index (χ0n) is 15.0. The zero-order valence-corrected chi connectivity index (χ0v) is 15.9. The molecule has 4 atom stereocenters. The number of amides is 1. The highest BCUT2D eigenvalue weighted by molar-refractivity contribution is 7.20. The summed E-state index contributed by atoms with van der Waals surface area (Å²) in [5.41, 5.74) is 0.708. The highest BCUT2D eigenvalue weighted by atomic mass is 32.1. The third-order valence-corrected chi connectivity index (χ3v) is 7.46. The molecule has 0 aliphatic heterocycles. The SMILES string of the molecule is CCn1cnc2sc(C(=O)NC(C)C3CC4CCC3C4)c(C)c2c1=O. The summed E-state index contributed by atoms with van der Waals surface area (Å²) in [5, 5.41) is 3.80. The molecule has 25 heavy (non-hydrogen) atoms. The van der Waals surface area contributed by atoms with Crippen LogP contribution >= 0.6 is 11.3 Å². The molecule has 2 bridgehead atoms. The summed E-state index contributed by atoms with van der Waals surface area (Å²) in [4.78, 5) is 31.0. The maximum Gasteiger partial charge on any atom is 0.262 e. The highest BCUT2D eigenvalue weighted by Crippen LogP contribution is 2.49. The first-order valence-corrected chi connectivity index (χ1v) is 10.1. The Hall–Kier alpha value is -1.69. The lowest BCUT2D eigenvalue weighted by molar-refractivity contribution is 0.0919. The number of aryl methyl sites for hydroxylation is 2. The van der Waals surface area contributed by atoms with Gasteiger partial charge in [-0.15, -0.1) is 11.3 Å². The molecule has 0 radical (unpaired) electrons. The first-order valence-electron chi connectivity index (χ1n) is 9.29. The van der Waals surface area contributed by atoms with Gasteiger partial charge in [0.2, 0.25) is 0 Å². The Morgan fingerprint density at radius 2 is 2.24 bits per heavy atom. The zero-order chi connectivity index (χ0) is 17.7. The smallest absolute Gasteiger partial charge is 0.262 e. The molecule has 0 saturated heterocycles. The minimum atomic E-state index is -0.0572. The number of carbonyl (C=O) groups is 1. The summed E-state index contributed by atoms with van der Waals surface area (Å²) in [6.07, 6.45) is 6.85. The van der Waals surface area contributed by atoms with Gasteiger partial charge < -0.3 is 5.32 Å². The number of hydrogen-bond donors (Lipinski definition) is 1. The van der Waals surface area contributed by atoms with Crippen molar-refractivity contribution in [2.24, 2.45) is 17.8 Å². The van der Waals surface area contributed by atoms with Crippen LogP contribution in [0.5, 0.6) is 0 Å². The van der Waals surface area contributed by atoms with Gasteiger partial charge >= 0.3 is 0 Å². The van der Waals surface area contributed by atoms with E-state index in [0.29, 0.717) is 27.6 Å². The number of fused-ring (bicyclic) bond motifs is 3. The number of aromatic nitrogens is 2. The van der Waals surface area contributed by atoms with E-state index >= 15 is 0 Å². The van der Waals surface area contributed by atoms with Crippen molar-refractivity contribution in [1.82, 2.24) is 14.9 Å². The second kappa shape index (κ2) is 6.24. The molecule has 1 amide bonds. The van der Waals surface area contributed by atoms with Crippen molar-refractivity contribution in [3.05, 3.63) is 27.1 Å². The molecule has 134 valence electrons. The first kappa shape index (κ1) is 16.8. The molecular weight excluding hydrogens is 334 g/mol. The Bertz CT molecular complexity index is 885. The predicted molar refractivity (Wildman–Crippen MR) is 100 cm³/mol. The van der Waals surface area contributed by atoms with E-state index in [-0.39, 0.29) is 17.5 Å². The molecule has 4 unspecified atom stereocenters. The Labute approximate surface area is 151 Å². The Kier molecular flexibility index (Phi) is 4.18. The van der Waals surface area contributed by atoms with Crippen LogP contribution in [0.25, 0.3) is 10.2 Å². The molecule has 5 nitrogen and oxygen atoms in total. The Balaban J connectivity index is 1.59. The fourth-order valence-corrected chi connectivity index (χ4v) is 5.93. The first-order chi connectivity index (χ1) is 12.0. The van der Waals surface area contributed by atoms with Crippen molar-refractivity contribution >= 4 is 27.5 Å². The van der Waals surface area contributed by atoms with Crippen LogP contribution in [-0.4, -0.2) is 21.5 Å².